The number of carbonyl (C=O) groups is 1. The van der Waals surface area contributed by atoms with Crippen LogP contribution in [0.15, 0.2) is 42.6 Å². The number of nitrogens with zero attached hydrogens (tertiary/aromatic N) is 2. The first-order valence-corrected chi connectivity index (χ1v) is 8.65. The molecule has 2 aromatic heterocycles. The van der Waals surface area contributed by atoms with Crippen molar-refractivity contribution in [3.05, 3.63) is 65.1 Å². The van der Waals surface area contributed by atoms with E-state index in [4.69, 9.17) is 5.73 Å². The number of benzene rings is 1. The normalized spacial score (nSPS) is 10.7. The zero-order valence-electron chi connectivity index (χ0n) is 15.0. The molecule has 0 atom stereocenters. The van der Waals surface area contributed by atoms with Gasteiger partial charge in [-0.3, -0.25) is 9.89 Å². The van der Waals surface area contributed by atoms with Crippen molar-refractivity contribution in [2.45, 2.75) is 26.7 Å². The molecule has 0 fully saturated rings. The molecule has 0 bridgehead atoms. The number of aromatic nitrogens is 3. The van der Waals surface area contributed by atoms with E-state index in [1.54, 1.807) is 12.3 Å². The number of amides is 1. The van der Waals surface area contributed by atoms with Gasteiger partial charge in [0.15, 0.2) is 0 Å². The first-order valence-electron chi connectivity index (χ1n) is 8.65. The van der Waals surface area contributed by atoms with Crippen LogP contribution in [0.4, 0.5) is 5.82 Å². The quantitative estimate of drug-likeness (QED) is 0.596. The number of rotatable bonds is 6. The fourth-order valence-corrected chi connectivity index (χ4v) is 2.90. The van der Waals surface area contributed by atoms with Crippen molar-refractivity contribution < 1.29 is 4.79 Å². The van der Waals surface area contributed by atoms with E-state index in [9.17, 15) is 4.79 Å². The predicted octanol–water partition coefficient (Wildman–Crippen LogP) is 3.03. The van der Waals surface area contributed by atoms with Gasteiger partial charge in [-0.2, -0.15) is 5.10 Å². The minimum atomic E-state index is -0.0624. The minimum Gasteiger partial charge on any atom is -0.384 e. The SMILES string of the molecule is Cc1n[nH]c(C)c1CCCNC(=O)c1ccc(-c2ccc(N)nc2)cc1. The van der Waals surface area contributed by atoms with Crippen LogP contribution in [0.2, 0.25) is 0 Å². The second-order valence-electron chi connectivity index (χ2n) is 6.32. The smallest absolute Gasteiger partial charge is 0.251 e. The summed E-state index contributed by atoms with van der Waals surface area (Å²) in [6.45, 7) is 4.65. The summed E-state index contributed by atoms with van der Waals surface area (Å²) in [5.41, 5.74) is 11.6. The number of hydrogen-bond donors (Lipinski definition) is 3. The summed E-state index contributed by atoms with van der Waals surface area (Å²) in [6.07, 6.45) is 3.50. The third-order valence-corrected chi connectivity index (χ3v) is 4.44. The van der Waals surface area contributed by atoms with Crippen molar-refractivity contribution in [2.24, 2.45) is 0 Å². The number of anilines is 1. The Morgan fingerprint density at radius 2 is 1.85 bits per heavy atom. The van der Waals surface area contributed by atoms with Crippen molar-refractivity contribution in [1.29, 1.82) is 0 Å². The number of nitrogen functional groups attached to an aromatic ring is 1. The molecule has 1 amide bonds. The van der Waals surface area contributed by atoms with E-state index < -0.39 is 0 Å². The number of nitrogens with one attached hydrogen (secondary N) is 2. The average molecular weight is 349 g/mol. The topological polar surface area (TPSA) is 96.7 Å². The molecular weight excluding hydrogens is 326 g/mol. The van der Waals surface area contributed by atoms with Gasteiger partial charge in [-0.05, 0) is 62.1 Å². The van der Waals surface area contributed by atoms with Crippen molar-refractivity contribution in [3.8, 4) is 11.1 Å². The third-order valence-electron chi connectivity index (χ3n) is 4.44. The van der Waals surface area contributed by atoms with Crippen LogP contribution in [0.1, 0.15) is 33.7 Å². The maximum Gasteiger partial charge on any atom is 0.251 e. The van der Waals surface area contributed by atoms with Gasteiger partial charge >= 0.3 is 0 Å². The largest absolute Gasteiger partial charge is 0.384 e. The lowest BCUT2D eigenvalue weighted by molar-refractivity contribution is 0.0953. The van der Waals surface area contributed by atoms with E-state index in [1.807, 2.05) is 44.2 Å². The number of aromatic amines is 1. The molecule has 0 aliphatic carbocycles. The monoisotopic (exact) mass is 349 g/mol. The van der Waals surface area contributed by atoms with Gasteiger partial charge in [0.2, 0.25) is 0 Å². The van der Waals surface area contributed by atoms with Crippen LogP contribution < -0.4 is 11.1 Å². The molecular formula is C20H23N5O. The van der Waals surface area contributed by atoms with Gasteiger partial charge in [-0.1, -0.05) is 12.1 Å². The van der Waals surface area contributed by atoms with Crippen LogP contribution in [-0.2, 0) is 6.42 Å². The van der Waals surface area contributed by atoms with Crippen molar-refractivity contribution in [3.63, 3.8) is 0 Å². The molecule has 6 nitrogen and oxygen atoms in total. The highest BCUT2D eigenvalue weighted by atomic mass is 16.1. The van der Waals surface area contributed by atoms with Gasteiger partial charge in [0, 0.05) is 29.6 Å². The molecule has 2 heterocycles. The number of pyridine rings is 1. The van der Waals surface area contributed by atoms with E-state index in [0.29, 0.717) is 17.9 Å². The fraction of sp³-hybridized carbons (Fsp3) is 0.250. The van der Waals surface area contributed by atoms with Crippen molar-refractivity contribution in [1.82, 2.24) is 20.5 Å². The second kappa shape index (κ2) is 7.82. The van der Waals surface area contributed by atoms with E-state index in [2.05, 4.69) is 20.5 Å². The molecule has 0 aliphatic rings. The molecule has 3 rings (SSSR count). The molecule has 26 heavy (non-hydrogen) atoms. The highest BCUT2D eigenvalue weighted by Crippen LogP contribution is 2.19. The van der Waals surface area contributed by atoms with Crippen LogP contribution in [0.3, 0.4) is 0 Å². The molecule has 0 unspecified atom stereocenters. The van der Waals surface area contributed by atoms with E-state index >= 15 is 0 Å². The van der Waals surface area contributed by atoms with E-state index in [1.165, 1.54) is 5.56 Å². The Balaban J connectivity index is 1.52. The molecule has 0 radical (unpaired) electrons. The molecule has 3 aromatic rings. The lowest BCUT2D eigenvalue weighted by Crippen LogP contribution is -2.24. The first kappa shape index (κ1) is 17.7. The van der Waals surface area contributed by atoms with Gasteiger partial charge < -0.3 is 11.1 Å². The van der Waals surface area contributed by atoms with Crippen LogP contribution in [0.5, 0.6) is 0 Å². The summed E-state index contributed by atoms with van der Waals surface area (Å²) in [6, 6.07) is 11.2. The fourth-order valence-electron chi connectivity index (χ4n) is 2.90. The number of carbonyl (C=O) groups excluding carboxylic acids is 1. The molecule has 0 aliphatic heterocycles. The number of aryl methyl sites for hydroxylation is 2. The van der Waals surface area contributed by atoms with Crippen molar-refractivity contribution in [2.75, 3.05) is 12.3 Å². The standard InChI is InChI=1S/C20H23N5O/c1-13-18(14(2)25-24-13)4-3-11-22-20(26)16-7-5-15(6-8-16)17-9-10-19(21)23-12-17/h5-10,12H,3-4,11H2,1-2H3,(H2,21,23)(H,22,26)(H,24,25). The van der Waals surface area contributed by atoms with Crippen LogP contribution in [0, 0.1) is 13.8 Å². The lowest BCUT2D eigenvalue weighted by Gasteiger charge is -2.07. The summed E-state index contributed by atoms with van der Waals surface area (Å²) in [4.78, 5) is 16.4. The van der Waals surface area contributed by atoms with Crippen molar-refractivity contribution >= 4 is 11.7 Å². The van der Waals surface area contributed by atoms with Crippen LogP contribution >= 0.6 is 0 Å². The Morgan fingerprint density at radius 1 is 1.12 bits per heavy atom. The molecule has 1 aromatic carbocycles. The number of nitrogens with two attached hydrogens (primary N) is 1. The van der Waals surface area contributed by atoms with E-state index in [0.717, 1.165) is 35.4 Å². The van der Waals surface area contributed by atoms with Crippen LogP contribution in [-0.4, -0.2) is 27.6 Å². The summed E-state index contributed by atoms with van der Waals surface area (Å²) in [5, 5.41) is 10.1. The Hall–Kier alpha value is -3.15. The number of hydrogen-bond acceptors (Lipinski definition) is 4. The molecule has 134 valence electrons. The zero-order valence-corrected chi connectivity index (χ0v) is 15.0. The van der Waals surface area contributed by atoms with Gasteiger partial charge in [0.05, 0.1) is 5.69 Å². The Morgan fingerprint density at radius 3 is 2.46 bits per heavy atom. The van der Waals surface area contributed by atoms with Gasteiger partial charge in [0.1, 0.15) is 5.82 Å². The minimum absolute atomic E-state index is 0.0624. The zero-order chi connectivity index (χ0) is 18.5. The lowest BCUT2D eigenvalue weighted by atomic mass is 10.1. The maximum atomic E-state index is 12.3. The summed E-state index contributed by atoms with van der Waals surface area (Å²) >= 11 is 0. The van der Waals surface area contributed by atoms with Gasteiger partial charge in [-0.15, -0.1) is 0 Å². The summed E-state index contributed by atoms with van der Waals surface area (Å²) in [7, 11) is 0. The second-order valence-corrected chi connectivity index (χ2v) is 6.32. The molecule has 4 N–H and O–H groups in total. The Labute approximate surface area is 152 Å². The summed E-state index contributed by atoms with van der Waals surface area (Å²) < 4.78 is 0. The molecule has 0 saturated heterocycles. The average Bonchev–Trinajstić information content (AvgIpc) is 2.97. The Kier molecular flexibility index (Phi) is 5.31. The molecule has 0 spiro atoms. The first-order chi connectivity index (χ1) is 12.5. The predicted molar refractivity (Wildman–Crippen MR) is 103 cm³/mol. The third kappa shape index (κ3) is 4.08. The highest BCUT2D eigenvalue weighted by Gasteiger charge is 2.08. The van der Waals surface area contributed by atoms with Crippen LogP contribution in [0.25, 0.3) is 11.1 Å². The molecule has 6 heteroatoms. The highest BCUT2D eigenvalue weighted by molar-refractivity contribution is 5.94. The maximum absolute atomic E-state index is 12.3. The van der Waals surface area contributed by atoms with Gasteiger partial charge in [-0.25, -0.2) is 4.98 Å². The summed E-state index contributed by atoms with van der Waals surface area (Å²) in [5.74, 6) is 0.429. The van der Waals surface area contributed by atoms with E-state index in [-0.39, 0.29) is 5.91 Å². The Bertz CT molecular complexity index is 862. The molecule has 0 saturated carbocycles. The van der Waals surface area contributed by atoms with Gasteiger partial charge in [0.25, 0.3) is 5.91 Å². The number of H-pyrrole nitrogens is 1.